The molecule has 0 amide bonds. The molecule has 0 aliphatic heterocycles. The predicted octanol–water partition coefficient (Wildman–Crippen LogP) is 0.911. The highest BCUT2D eigenvalue weighted by molar-refractivity contribution is 7.17. The lowest BCUT2D eigenvalue weighted by Gasteiger charge is -1.90. The van der Waals surface area contributed by atoms with Gasteiger partial charge in [-0.2, -0.15) is 5.10 Å². The molecule has 2 heterocycles. The molecule has 11 heavy (non-hydrogen) atoms. The number of rotatable bonds is 1. The first-order chi connectivity index (χ1) is 5.36. The van der Waals surface area contributed by atoms with Gasteiger partial charge in [0.2, 0.25) is 5.13 Å². The number of thiazole rings is 1. The van der Waals surface area contributed by atoms with Crippen molar-refractivity contribution in [3.05, 3.63) is 24.7 Å². The van der Waals surface area contributed by atoms with Crippen LogP contribution < -0.4 is 5.73 Å². The molecule has 0 aliphatic carbocycles. The monoisotopic (exact) mass is 166 g/mol. The van der Waals surface area contributed by atoms with Crippen LogP contribution in [0.3, 0.4) is 0 Å². The van der Waals surface area contributed by atoms with Crippen LogP contribution in [0.25, 0.3) is 5.13 Å². The molecule has 56 valence electrons. The van der Waals surface area contributed by atoms with E-state index in [1.54, 1.807) is 17.1 Å². The zero-order valence-corrected chi connectivity index (χ0v) is 6.45. The van der Waals surface area contributed by atoms with Crippen molar-refractivity contribution in [2.75, 3.05) is 5.73 Å². The molecule has 0 aliphatic rings. The summed E-state index contributed by atoms with van der Waals surface area (Å²) in [7, 11) is 0. The molecule has 0 spiro atoms. The molecule has 0 atom stereocenters. The molecule has 0 saturated carbocycles. The van der Waals surface area contributed by atoms with E-state index in [-0.39, 0.29) is 0 Å². The molecular formula is C6H6N4S. The average Bonchev–Trinajstić information content (AvgIpc) is 2.55. The van der Waals surface area contributed by atoms with Crippen LogP contribution in [0.5, 0.6) is 0 Å². The molecule has 0 radical (unpaired) electrons. The van der Waals surface area contributed by atoms with E-state index >= 15 is 0 Å². The highest BCUT2D eigenvalue weighted by atomic mass is 32.1. The van der Waals surface area contributed by atoms with Crippen LogP contribution in [0.15, 0.2) is 24.7 Å². The fraction of sp³-hybridized carbons (Fsp3) is 0. The molecule has 0 fully saturated rings. The van der Waals surface area contributed by atoms with Gasteiger partial charge in [-0.3, -0.25) is 0 Å². The van der Waals surface area contributed by atoms with Gasteiger partial charge in [0.05, 0.1) is 6.20 Å². The summed E-state index contributed by atoms with van der Waals surface area (Å²) < 4.78 is 1.68. The standard InChI is InChI=1S/C6H6N4S/c7-5-4-8-6(11-5)10-3-1-2-9-10/h1-4H,7H2. The molecule has 2 aromatic heterocycles. The number of hydrogen-bond donors (Lipinski definition) is 1. The predicted molar refractivity (Wildman–Crippen MR) is 43.6 cm³/mol. The van der Waals surface area contributed by atoms with Crippen molar-refractivity contribution in [2.45, 2.75) is 0 Å². The van der Waals surface area contributed by atoms with Crippen molar-refractivity contribution in [3.63, 3.8) is 0 Å². The Balaban J connectivity index is 2.45. The quantitative estimate of drug-likeness (QED) is 0.685. The Hall–Kier alpha value is -1.36. The van der Waals surface area contributed by atoms with E-state index in [4.69, 9.17) is 5.73 Å². The van der Waals surface area contributed by atoms with Crippen molar-refractivity contribution in [2.24, 2.45) is 0 Å². The summed E-state index contributed by atoms with van der Waals surface area (Å²) in [6.07, 6.45) is 5.16. The van der Waals surface area contributed by atoms with Crippen molar-refractivity contribution >= 4 is 16.3 Å². The second-order valence-corrected chi connectivity index (χ2v) is 3.04. The van der Waals surface area contributed by atoms with Crippen molar-refractivity contribution < 1.29 is 0 Å². The lowest BCUT2D eigenvalue weighted by molar-refractivity contribution is 0.869. The second-order valence-electron chi connectivity index (χ2n) is 2.00. The number of aromatic nitrogens is 3. The summed E-state index contributed by atoms with van der Waals surface area (Å²) in [6.45, 7) is 0. The van der Waals surface area contributed by atoms with Gasteiger partial charge in [-0.25, -0.2) is 9.67 Å². The van der Waals surface area contributed by atoms with Crippen LogP contribution in [0.1, 0.15) is 0 Å². The minimum absolute atomic E-state index is 0.704. The Bertz CT molecular complexity index is 337. The maximum atomic E-state index is 5.50. The topological polar surface area (TPSA) is 56.7 Å². The van der Waals surface area contributed by atoms with Gasteiger partial charge >= 0.3 is 0 Å². The van der Waals surface area contributed by atoms with Crippen molar-refractivity contribution in [3.8, 4) is 5.13 Å². The number of anilines is 1. The number of nitrogens with two attached hydrogens (primary N) is 1. The third-order valence-electron chi connectivity index (χ3n) is 1.21. The summed E-state index contributed by atoms with van der Waals surface area (Å²) in [5, 5.41) is 5.51. The van der Waals surface area contributed by atoms with Gasteiger partial charge in [0.1, 0.15) is 5.00 Å². The molecule has 2 N–H and O–H groups in total. The Morgan fingerprint density at radius 1 is 1.55 bits per heavy atom. The first-order valence-corrected chi connectivity index (χ1v) is 3.89. The van der Waals surface area contributed by atoms with Crippen LogP contribution in [0, 0.1) is 0 Å². The molecule has 4 nitrogen and oxygen atoms in total. The highest BCUT2D eigenvalue weighted by Gasteiger charge is 1.99. The first kappa shape index (κ1) is 6.36. The Labute approximate surface area is 67.3 Å². The van der Waals surface area contributed by atoms with Crippen molar-refractivity contribution in [1.82, 2.24) is 14.8 Å². The van der Waals surface area contributed by atoms with Crippen LogP contribution in [-0.2, 0) is 0 Å². The Morgan fingerprint density at radius 3 is 3.00 bits per heavy atom. The van der Waals surface area contributed by atoms with E-state index in [1.165, 1.54) is 11.3 Å². The van der Waals surface area contributed by atoms with E-state index in [1.807, 2.05) is 12.3 Å². The van der Waals surface area contributed by atoms with Gasteiger partial charge in [-0.1, -0.05) is 11.3 Å². The number of hydrogen-bond acceptors (Lipinski definition) is 4. The minimum Gasteiger partial charge on any atom is -0.389 e. The molecule has 0 unspecified atom stereocenters. The fourth-order valence-electron chi connectivity index (χ4n) is 0.765. The Morgan fingerprint density at radius 2 is 2.45 bits per heavy atom. The summed E-state index contributed by atoms with van der Waals surface area (Å²) in [5.74, 6) is 0. The third-order valence-corrected chi connectivity index (χ3v) is 2.03. The van der Waals surface area contributed by atoms with E-state index in [9.17, 15) is 0 Å². The summed E-state index contributed by atoms with van der Waals surface area (Å²) >= 11 is 1.41. The second kappa shape index (κ2) is 2.35. The minimum atomic E-state index is 0.704. The third kappa shape index (κ3) is 1.10. The largest absolute Gasteiger partial charge is 0.389 e. The molecular weight excluding hydrogens is 160 g/mol. The highest BCUT2D eigenvalue weighted by Crippen LogP contribution is 2.17. The van der Waals surface area contributed by atoms with Crippen LogP contribution in [0.4, 0.5) is 5.00 Å². The fourth-order valence-corrected chi connectivity index (χ4v) is 1.39. The lowest BCUT2D eigenvalue weighted by atomic mass is 10.8. The first-order valence-electron chi connectivity index (χ1n) is 3.07. The molecule has 5 heteroatoms. The van der Waals surface area contributed by atoms with Gasteiger partial charge in [0, 0.05) is 12.4 Å². The van der Waals surface area contributed by atoms with Gasteiger partial charge in [0.15, 0.2) is 0 Å². The molecule has 0 aromatic carbocycles. The van der Waals surface area contributed by atoms with Gasteiger partial charge < -0.3 is 5.73 Å². The number of nitrogen functional groups attached to an aromatic ring is 1. The van der Waals surface area contributed by atoms with E-state index in [0.717, 1.165) is 5.13 Å². The zero-order chi connectivity index (χ0) is 7.68. The molecule has 2 aromatic rings. The maximum absolute atomic E-state index is 5.50. The SMILES string of the molecule is Nc1cnc(-n2cccn2)s1. The van der Waals surface area contributed by atoms with E-state index < -0.39 is 0 Å². The molecule has 0 bridgehead atoms. The average molecular weight is 166 g/mol. The molecule has 0 saturated heterocycles. The van der Waals surface area contributed by atoms with Crippen LogP contribution in [0.2, 0.25) is 0 Å². The number of nitrogens with zero attached hydrogens (tertiary/aromatic N) is 3. The smallest absolute Gasteiger partial charge is 0.212 e. The maximum Gasteiger partial charge on any atom is 0.212 e. The van der Waals surface area contributed by atoms with Gasteiger partial charge in [0.25, 0.3) is 0 Å². The zero-order valence-electron chi connectivity index (χ0n) is 5.64. The van der Waals surface area contributed by atoms with Gasteiger partial charge in [-0.05, 0) is 6.07 Å². The summed E-state index contributed by atoms with van der Waals surface area (Å²) in [4.78, 5) is 4.05. The van der Waals surface area contributed by atoms with Crippen LogP contribution >= 0.6 is 11.3 Å². The lowest BCUT2D eigenvalue weighted by Crippen LogP contribution is -1.91. The van der Waals surface area contributed by atoms with E-state index in [0.29, 0.717) is 5.00 Å². The van der Waals surface area contributed by atoms with Gasteiger partial charge in [-0.15, -0.1) is 0 Å². The van der Waals surface area contributed by atoms with Crippen molar-refractivity contribution in [1.29, 1.82) is 0 Å². The Kier molecular flexibility index (Phi) is 1.36. The van der Waals surface area contributed by atoms with Crippen LogP contribution in [-0.4, -0.2) is 14.8 Å². The molecule has 2 rings (SSSR count). The van der Waals surface area contributed by atoms with E-state index in [2.05, 4.69) is 10.1 Å². The summed E-state index contributed by atoms with van der Waals surface area (Å²) in [6, 6.07) is 1.84. The normalized spacial score (nSPS) is 10.2. The summed E-state index contributed by atoms with van der Waals surface area (Å²) in [5.41, 5.74) is 5.50.